The standard InChI is InChI=1S/C17H11Cl2FN2O5/c18-12-4-1-10(7-15(12)22(25)26)2-6-17(24)27-9-16(23)21-14-5-3-11(20)8-13(14)19/h1-8H,9H2,(H,21,23)/b6-2+. The Bertz CT molecular complexity index is 934. The van der Waals surface area contributed by atoms with Gasteiger partial charge in [0.15, 0.2) is 6.61 Å². The van der Waals surface area contributed by atoms with E-state index in [0.717, 1.165) is 18.2 Å². The van der Waals surface area contributed by atoms with Crippen molar-refractivity contribution in [2.75, 3.05) is 11.9 Å². The van der Waals surface area contributed by atoms with Crippen LogP contribution in [0.2, 0.25) is 10.0 Å². The first kappa shape index (κ1) is 20.3. The average Bonchev–Trinajstić information content (AvgIpc) is 2.61. The number of nitro groups is 1. The summed E-state index contributed by atoms with van der Waals surface area (Å²) in [4.78, 5) is 33.5. The van der Waals surface area contributed by atoms with Crippen LogP contribution >= 0.6 is 23.2 Å². The molecular weight excluding hydrogens is 402 g/mol. The van der Waals surface area contributed by atoms with E-state index in [2.05, 4.69) is 5.32 Å². The highest BCUT2D eigenvalue weighted by Gasteiger charge is 2.12. The minimum absolute atomic E-state index is 0.00101. The lowest BCUT2D eigenvalue weighted by molar-refractivity contribution is -0.384. The largest absolute Gasteiger partial charge is 0.452 e. The third-order valence-corrected chi connectivity index (χ3v) is 3.76. The topological polar surface area (TPSA) is 98.5 Å². The van der Waals surface area contributed by atoms with Crippen molar-refractivity contribution in [1.82, 2.24) is 0 Å². The van der Waals surface area contributed by atoms with Gasteiger partial charge in [0.05, 0.1) is 15.6 Å². The first-order chi connectivity index (χ1) is 12.8. The summed E-state index contributed by atoms with van der Waals surface area (Å²) in [5.41, 5.74) is 0.219. The molecule has 10 heteroatoms. The highest BCUT2D eigenvalue weighted by molar-refractivity contribution is 6.33. The van der Waals surface area contributed by atoms with Crippen LogP contribution in [0.25, 0.3) is 6.08 Å². The predicted molar refractivity (Wildman–Crippen MR) is 98.1 cm³/mol. The number of nitro benzene ring substituents is 1. The molecule has 2 aromatic rings. The molecule has 0 spiro atoms. The molecule has 1 amide bonds. The smallest absolute Gasteiger partial charge is 0.331 e. The van der Waals surface area contributed by atoms with Gasteiger partial charge in [-0.15, -0.1) is 0 Å². The quantitative estimate of drug-likeness (QED) is 0.331. The highest BCUT2D eigenvalue weighted by Crippen LogP contribution is 2.25. The highest BCUT2D eigenvalue weighted by atomic mass is 35.5. The van der Waals surface area contributed by atoms with Crippen molar-refractivity contribution in [3.8, 4) is 0 Å². The van der Waals surface area contributed by atoms with E-state index in [0.29, 0.717) is 5.56 Å². The molecule has 0 bridgehead atoms. The number of benzene rings is 2. The third kappa shape index (κ3) is 6.05. The lowest BCUT2D eigenvalue weighted by Crippen LogP contribution is -2.20. The third-order valence-electron chi connectivity index (χ3n) is 3.13. The molecule has 0 saturated heterocycles. The van der Waals surface area contributed by atoms with Gasteiger partial charge in [-0.1, -0.05) is 29.3 Å². The Kier molecular flexibility index (Phi) is 6.86. The second kappa shape index (κ2) is 9.11. The number of nitrogens with one attached hydrogen (secondary N) is 1. The van der Waals surface area contributed by atoms with Crippen LogP contribution in [0, 0.1) is 15.9 Å². The lowest BCUT2D eigenvalue weighted by Gasteiger charge is -2.07. The zero-order chi connectivity index (χ0) is 20.0. The number of rotatable bonds is 6. The van der Waals surface area contributed by atoms with Crippen LogP contribution in [-0.2, 0) is 14.3 Å². The van der Waals surface area contributed by atoms with Gasteiger partial charge in [-0.05, 0) is 35.9 Å². The molecule has 0 aromatic heterocycles. The number of ether oxygens (including phenoxy) is 1. The Balaban J connectivity index is 1.90. The Labute approximate surface area is 162 Å². The summed E-state index contributed by atoms with van der Waals surface area (Å²) in [6.07, 6.45) is 2.28. The summed E-state index contributed by atoms with van der Waals surface area (Å²) in [5.74, 6) is -2.07. The number of carbonyl (C=O) groups is 2. The Morgan fingerprint density at radius 1 is 1.19 bits per heavy atom. The molecule has 1 N–H and O–H groups in total. The summed E-state index contributed by atoms with van der Waals surface area (Å²) >= 11 is 11.5. The van der Waals surface area contributed by atoms with Gasteiger partial charge in [0.25, 0.3) is 11.6 Å². The minimum Gasteiger partial charge on any atom is -0.452 e. The van der Waals surface area contributed by atoms with Gasteiger partial charge in [-0.3, -0.25) is 14.9 Å². The Morgan fingerprint density at radius 3 is 2.59 bits per heavy atom. The maximum atomic E-state index is 12.9. The summed E-state index contributed by atoms with van der Waals surface area (Å²) in [5, 5.41) is 13.1. The van der Waals surface area contributed by atoms with Gasteiger partial charge in [-0.25, -0.2) is 9.18 Å². The number of amides is 1. The molecule has 0 heterocycles. The molecule has 0 fully saturated rings. The summed E-state index contributed by atoms with van der Waals surface area (Å²) in [6.45, 7) is -0.600. The van der Waals surface area contributed by atoms with Crippen LogP contribution < -0.4 is 5.32 Å². The molecule has 2 aromatic carbocycles. The number of anilines is 1. The number of halogens is 3. The van der Waals surface area contributed by atoms with Gasteiger partial charge in [-0.2, -0.15) is 0 Å². The fourth-order valence-corrected chi connectivity index (χ4v) is 2.30. The molecule has 2 rings (SSSR count). The number of hydrogen-bond donors (Lipinski definition) is 1. The van der Waals surface area contributed by atoms with Crippen LogP contribution in [0.5, 0.6) is 0 Å². The van der Waals surface area contributed by atoms with Gasteiger partial charge >= 0.3 is 5.97 Å². The molecule has 0 saturated carbocycles. The second-order valence-corrected chi connectivity index (χ2v) is 5.90. The van der Waals surface area contributed by atoms with Crippen molar-refractivity contribution >= 4 is 52.5 Å². The van der Waals surface area contributed by atoms with Crippen molar-refractivity contribution in [3.63, 3.8) is 0 Å². The van der Waals surface area contributed by atoms with E-state index >= 15 is 0 Å². The molecular formula is C17H11Cl2FN2O5. The van der Waals surface area contributed by atoms with Crippen LogP contribution in [0.15, 0.2) is 42.5 Å². The number of nitrogens with zero attached hydrogens (tertiary/aromatic N) is 1. The van der Waals surface area contributed by atoms with Crippen molar-refractivity contribution in [2.24, 2.45) is 0 Å². The molecule has 0 radical (unpaired) electrons. The van der Waals surface area contributed by atoms with Gasteiger partial charge in [0.1, 0.15) is 10.8 Å². The zero-order valence-corrected chi connectivity index (χ0v) is 15.0. The fourth-order valence-electron chi connectivity index (χ4n) is 1.90. The van der Waals surface area contributed by atoms with Gasteiger partial charge < -0.3 is 10.1 Å². The SMILES string of the molecule is O=C(COC(=O)/C=C/c1ccc(Cl)c([N+](=O)[O-])c1)Nc1ccc(F)cc1Cl. The molecule has 0 unspecified atom stereocenters. The van der Waals surface area contributed by atoms with E-state index in [1.54, 1.807) is 0 Å². The van der Waals surface area contributed by atoms with Crippen LogP contribution in [0.4, 0.5) is 15.8 Å². The molecule has 0 aliphatic rings. The normalized spacial score (nSPS) is 10.6. The first-order valence-electron chi connectivity index (χ1n) is 7.30. The minimum atomic E-state index is -0.840. The van der Waals surface area contributed by atoms with Gasteiger partial charge in [0.2, 0.25) is 0 Å². The maximum absolute atomic E-state index is 12.9. The van der Waals surface area contributed by atoms with Crippen molar-refractivity contribution in [2.45, 2.75) is 0 Å². The summed E-state index contributed by atoms with van der Waals surface area (Å²) in [7, 11) is 0. The van der Waals surface area contributed by atoms with Crippen LogP contribution in [-0.4, -0.2) is 23.4 Å². The van der Waals surface area contributed by atoms with E-state index in [1.165, 1.54) is 30.3 Å². The van der Waals surface area contributed by atoms with Crippen LogP contribution in [0.1, 0.15) is 5.56 Å². The Morgan fingerprint density at radius 2 is 1.93 bits per heavy atom. The fraction of sp³-hybridized carbons (Fsp3) is 0.0588. The molecule has 0 aliphatic heterocycles. The van der Waals surface area contributed by atoms with Crippen molar-refractivity contribution < 1.29 is 23.6 Å². The molecule has 0 atom stereocenters. The molecule has 27 heavy (non-hydrogen) atoms. The number of esters is 1. The monoisotopic (exact) mass is 412 g/mol. The van der Waals surface area contributed by atoms with Crippen LogP contribution in [0.3, 0.4) is 0 Å². The van der Waals surface area contributed by atoms with E-state index in [1.807, 2.05) is 0 Å². The predicted octanol–water partition coefficient (Wildman–Crippen LogP) is 4.24. The van der Waals surface area contributed by atoms with E-state index < -0.39 is 29.2 Å². The molecule has 7 nitrogen and oxygen atoms in total. The molecule has 140 valence electrons. The van der Waals surface area contributed by atoms with E-state index in [9.17, 15) is 24.1 Å². The first-order valence-corrected chi connectivity index (χ1v) is 8.05. The maximum Gasteiger partial charge on any atom is 0.331 e. The van der Waals surface area contributed by atoms with Gasteiger partial charge in [0, 0.05) is 12.1 Å². The second-order valence-electron chi connectivity index (χ2n) is 5.08. The lowest BCUT2D eigenvalue weighted by atomic mass is 10.2. The van der Waals surface area contributed by atoms with E-state index in [4.69, 9.17) is 27.9 Å². The average molecular weight is 413 g/mol. The van der Waals surface area contributed by atoms with E-state index in [-0.39, 0.29) is 21.4 Å². The van der Waals surface area contributed by atoms with Crippen molar-refractivity contribution in [3.05, 3.63) is 74.0 Å². The summed E-state index contributed by atoms with van der Waals surface area (Å²) < 4.78 is 17.7. The summed E-state index contributed by atoms with van der Waals surface area (Å²) in [6, 6.07) is 7.39. The number of carbonyl (C=O) groups excluding carboxylic acids is 2. The number of hydrogen-bond acceptors (Lipinski definition) is 5. The zero-order valence-electron chi connectivity index (χ0n) is 13.4. The van der Waals surface area contributed by atoms with Crippen molar-refractivity contribution in [1.29, 1.82) is 0 Å². The Hall–Kier alpha value is -2.97. The molecule has 0 aliphatic carbocycles.